The summed E-state index contributed by atoms with van der Waals surface area (Å²) in [6, 6.07) is 12.9. The number of pyridine rings is 2. The fourth-order valence-corrected chi connectivity index (χ4v) is 5.74. The minimum Gasteiger partial charge on any atom is -0.444 e. The molecule has 5 rings (SSSR count). The van der Waals surface area contributed by atoms with E-state index in [4.69, 9.17) is 9.72 Å². The highest BCUT2D eigenvalue weighted by molar-refractivity contribution is 5.96. The van der Waals surface area contributed by atoms with E-state index in [1.165, 1.54) is 6.07 Å². The van der Waals surface area contributed by atoms with Gasteiger partial charge in [-0.05, 0) is 77.1 Å². The fourth-order valence-electron chi connectivity index (χ4n) is 5.74. The molecular formula is C34H43FN6O3. The number of aryl methyl sites for hydroxylation is 1. The third kappa shape index (κ3) is 8.31. The molecule has 0 aliphatic carbocycles. The Hall–Kier alpha value is -4.05. The number of hydrogen-bond donors (Lipinski definition) is 2. The number of likely N-dealkylation sites (tertiary alicyclic amines) is 1. The smallest absolute Gasteiger partial charge is 0.407 e. The molecule has 2 aliphatic rings. The minimum absolute atomic E-state index is 0.00363. The third-order valence-electron chi connectivity index (χ3n) is 8.14. The van der Waals surface area contributed by atoms with Crippen molar-refractivity contribution in [1.29, 1.82) is 0 Å². The lowest BCUT2D eigenvalue weighted by atomic mass is 10.0. The second kappa shape index (κ2) is 13.7. The molecule has 2 N–H and O–H groups in total. The van der Waals surface area contributed by atoms with E-state index in [0.29, 0.717) is 11.1 Å². The van der Waals surface area contributed by atoms with Crippen LogP contribution < -0.4 is 15.5 Å². The molecule has 0 saturated carbocycles. The number of piperidine rings is 2. The van der Waals surface area contributed by atoms with Crippen molar-refractivity contribution in [2.24, 2.45) is 0 Å². The first-order chi connectivity index (χ1) is 21.0. The summed E-state index contributed by atoms with van der Waals surface area (Å²) in [7, 11) is 0. The van der Waals surface area contributed by atoms with Gasteiger partial charge in [0.1, 0.15) is 17.2 Å². The lowest BCUT2D eigenvalue weighted by Gasteiger charge is -2.34. The Kier molecular flexibility index (Phi) is 9.78. The summed E-state index contributed by atoms with van der Waals surface area (Å²) in [5.41, 5.74) is 2.57. The number of halogens is 1. The van der Waals surface area contributed by atoms with Gasteiger partial charge >= 0.3 is 6.09 Å². The van der Waals surface area contributed by atoms with Crippen molar-refractivity contribution >= 4 is 17.8 Å². The van der Waals surface area contributed by atoms with E-state index in [2.05, 4.69) is 37.6 Å². The molecule has 0 spiro atoms. The molecule has 0 atom stereocenters. The highest BCUT2D eigenvalue weighted by Gasteiger charge is 2.26. The number of anilines is 1. The average Bonchev–Trinajstić information content (AvgIpc) is 2.99. The van der Waals surface area contributed by atoms with Crippen LogP contribution in [0.15, 0.2) is 54.9 Å². The van der Waals surface area contributed by atoms with Crippen molar-refractivity contribution in [1.82, 2.24) is 25.5 Å². The van der Waals surface area contributed by atoms with Gasteiger partial charge in [0.25, 0.3) is 5.91 Å². The number of benzene rings is 1. The van der Waals surface area contributed by atoms with Gasteiger partial charge in [-0.25, -0.2) is 14.2 Å². The van der Waals surface area contributed by atoms with Crippen LogP contribution in [-0.4, -0.2) is 70.7 Å². The first kappa shape index (κ1) is 31.4. The number of amides is 2. The van der Waals surface area contributed by atoms with Crippen molar-refractivity contribution in [3.8, 4) is 11.1 Å². The molecule has 1 aromatic carbocycles. The van der Waals surface area contributed by atoms with Gasteiger partial charge in [0.2, 0.25) is 0 Å². The molecular weight excluding hydrogens is 559 g/mol. The van der Waals surface area contributed by atoms with Crippen LogP contribution in [0.5, 0.6) is 0 Å². The van der Waals surface area contributed by atoms with Crippen LogP contribution in [-0.2, 0) is 11.3 Å². The lowest BCUT2D eigenvalue weighted by molar-refractivity contribution is 0.0497. The standard InChI is InChI=1S/C34H43FN6O3/c1-23-8-10-25(21-36-23)28-6-5-7-29(31(28)35)32(42)38-26-12-16-40(17-13-26)22-24-9-11-30(37-20-24)41-18-14-27(15-19-41)39-33(43)44-34(2,3)4/h5-11,20-21,26-27H,12-19,22H2,1-4H3,(H,38,42)(H,39,43). The highest BCUT2D eigenvalue weighted by Crippen LogP contribution is 2.25. The number of aromatic nitrogens is 2. The summed E-state index contributed by atoms with van der Waals surface area (Å²) in [5.74, 6) is 0.0408. The topological polar surface area (TPSA) is 99.7 Å². The average molecular weight is 603 g/mol. The summed E-state index contributed by atoms with van der Waals surface area (Å²) in [5, 5.41) is 6.03. The Morgan fingerprint density at radius 3 is 2.25 bits per heavy atom. The summed E-state index contributed by atoms with van der Waals surface area (Å²) in [4.78, 5) is 38.7. The second-order valence-electron chi connectivity index (χ2n) is 12.8. The van der Waals surface area contributed by atoms with Gasteiger partial charge < -0.3 is 20.3 Å². The van der Waals surface area contributed by atoms with E-state index in [-0.39, 0.29) is 29.6 Å². The van der Waals surface area contributed by atoms with Crippen LogP contribution in [0.25, 0.3) is 11.1 Å². The van der Waals surface area contributed by atoms with Gasteiger partial charge in [0.05, 0.1) is 5.56 Å². The number of nitrogens with one attached hydrogen (secondary N) is 2. The molecule has 2 aliphatic heterocycles. The second-order valence-corrected chi connectivity index (χ2v) is 12.8. The quantitative estimate of drug-likeness (QED) is 0.370. The zero-order chi connectivity index (χ0) is 31.3. The maximum absolute atomic E-state index is 15.3. The Morgan fingerprint density at radius 1 is 0.909 bits per heavy atom. The zero-order valence-corrected chi connectivity index (χ0v) is 26.1. The molecule has 0 bridgehead atoms. The van der Waals surface area contributed by atoms with Crippen LogP contribution in [0.2, 0.25) is 0 Å². The van der Waals surface area contributed by atoms with Crippen molar-refractivity contribution in [2.75, 3.05) is 31.1 Å². The number of carbonyl (C=O) groups is 2. The molecule has 2 fully saturated rings. The number of ether oxygens (including phenoxy) is 1. The molecule has 0 unspecified atom stereocenters. The Morgan fingerprint density at radius 2 is 1.61 bits per heavy atom. The van der Waals surface area contributed by atoms with Gasteiger partial charge in [-0.1, -0.05) is 24.3 Å². The highest BCUT2D eigenvalue weighted by atomic mass is 19.1. The molecule has 3 aromatic rings. The van der Waals surface area contributed by atoms with E-state index >= 15 is 4.39 Å². The van der Waals surface area contributed by atoms with Gasteiger partial charge in [0, 0.05) is 74.0 Å². The Bertz CT molecular complexity index is 1420. The van der Waals surface area contributed by atoms with E-state index in [9.17, 15) is 9.59 Å². The maximum atomic E-state index is 15.3. The number of carbonyl (C=O) groups excluding carboxylic acids is 2. The number of rotatable bonds is 7. The van der Waals surface area contributed by atoms with Crippen molar-refractivity contribution in [3.63, 3.8) is 0 Å². The Labute approximate surface area is 259 Å². The van der Waals surface area contributed by atoms with E-state index in [0.717, 1.165) is 75.5 Å². The molecule has 44 heavy (non-hydrogen) atoms. The van der Waals surface area contributed by atoms with Gasteiger partial charge in [-0.15, -0.1) is 0 Å². The van der Waals surface area contributed by atoms with Gasteiger partial charge in [0.15, 0.2) is 0 Å². The SMILES string of the molecule is Cc1ccc(-c2cccc(C(=O)NC3CCN(Cc4ccc(N5CCC(NC(=O)OC(C)(C)C)CC5)nc4)CC3)c2F)cn1. The molecule has 10 heteroatoms. The third-order valence-corrected chi connectivity index (χ3v) is 8.14. The van der Waals surface area contributed by atoms with E-state index in [1.807, 2.05) is 46.0 Å². The van der Waals surface area contributed by atoms with Crippen molar-refractivity contribution < 1.29 is 18.7 Å². The molecule has 2 amide bonds. The van der Waals surface area contributed by atoms with Crippen molar-refractivity contribution in [3.05, 3.63) is 77.5 Å². The molecule has 0 radical (unpaired) electrons. The molecule has 2 aromatic heterocycles. The molecule has 9 nitrogen and oxygen atoms in total. The van der Waals surface area contributed by atoms with Gasteiger partial charge in [-0.2, -0.15) is 0 Å². The first-order valence-corrected chi connectivity index (χ1v) is 15.5. The molecule has 4 heterocycles. The van der Waals surface area contributed by atoms with Crippen LogP contribution in [0.1, 0.15) is 68.1 Å². The lowest BCUT2D eigenvalue weighted by Crippen LogP contribution is -2.46. The summed E-state index contributed by atoms with van der Waals surface area (Å²) >= 11 is 0. The fraction of sp³-hybridized carbons (Fsp3) is 0.471. The van der Waals surface area contributed by atoms with E-state index in [1.54, 1.807) is 18.3 Å². The normalized spacial score (nSPS) is 16.9. The van der Waals surface area contributed by atoms with E-state index < -0.39 is 11.4 Å². The van der Waals surface area contributed by atoms with Crippen LogP contribution in [0.3, 0.4) is 0 Å². The Balaban J connectivity index is 1.06. The first-order valence-electron chi connectivity index (χ1n) is 15.5. The molecule has 234 valence electrons. The number of hydrogen-bond acceptors (Lipinski definition) is 7. The predicted octanol–water partition coefficient (Wildman–Crippen LogP) is 5.48. The van der Waals surface area contributed by atoms with Crippen molar-refractivity contribution in [2.45, 2.75) is 77.6 Å². The minimum atomic E-state index is -0.522. The largest absolute Gasteiger partial charge is 0.444 e. The zero-order valence-electron chi connectivity index (χ0n) is 26.1. The van der Waals surface area contributed by atoms with Crippen LogP contribution in [0, 0.1) is 12.7 Å². The summed E-state index contributed by atoms with van der Waals surface area (Å²) in [6.45, 7) is 11.6. The number of nitrogens with zero attached hydrogens (tertiary/aromatic N) is 4. The van der Waals surface area contributed by atoms with Crippen LogP contribution >= 0.6 is 0 Å². The van der Waals surface area contributed by atoms with Gasteiger partial charge in [-0.3, -0.25) is 14.7 Å². The monoisotopic (exact) mass is 602 g/mol. The maximum Gasteiger partial charge on any atom is 0.407 e. The summed E-state index contributed by atoms with van der Waals surface area (Å²) in [6.07, 6.45) is 6.49. The number of alkyl carbamates (subject to hydrolysis) is 1. The molecule has 2 saturated heterocycles. The summed E-state index contributed by atoms with van der Waals surface area (Å²) < 4.78 is 20.7. The van der Waals surface area contributed by atoms with Crippen LogP contribution in [0.4, 0.5) is 15.0 Å². The predicted molar refractivity (Wildman–Crippen MR) is 169 cm³/mol.